The Bertz CT molecular complexity index is 1810. The second-order valence-electron chi connectivity index (χ2n) is 19.6. The summed E-state index contributed by atoms with van der Waals surface area (Å²) in [5.74, 6) is -1.20. The number of allylic oxidation sites excluding steroid dienone is 1. The van der Waals surface area contributed by atoms with E-state index in [2.05, 4.69) is 133 Å². The van der Waals surface area contributed by atoms with Crippen LogP contribution >= 0.6 is 0 Å². The number of aromatic nitrogens is 1. The Hall–Kier alpha value is -3.24. The minimum Gasteiger partial charge on any atom is -0.401 e. The molecule has 3 aromatic rings. The van der Waals surface area contributed by atoms with Gasteiger partial charge in [-0.05, 0) is 106 Å². The molecule has 0 bridgehead atoms. The van der Waals surface area contributed by atoms with Crippen molar-refractivity contribution >= 4 is 24.5 Å². The lowest BCUT2D eigenvalue weighted by Crippen LogP contribution is -2.67. The lowest BCUT2D eigenvalue weighted by molar-refractivity contribution is -0.291. The molecule has 8 heteroatoms. The third kappa shape index (κ3) is 10.9. The van der Waals surface area contributed by atoms with Crippen LogP contribution in [0.4, 0.5) is 0 Å². The molecule has 0 saturated carbocycles. The fourth-order valence-corrected chi connectivity index (χ4v) is 14.4. The van der Waals surface area contributed by atoms with Crippen LogP contribution in [0.5, 0.6) is 0 Å². The number of Topliss-reactive ketones (excluding diaryl/α,β-unsaturated/α-hetero) is 1. The first-order chi connectivity index (χ1) is 28.3. The van der Waals surface area contributed by atoms with Crippen LogP contribution in [0.15, 0.2) is 109 Å². The van der Waals surface area contributed by atoms with E-state index in [0.29, 0.717) is 19.6 Å². The number of ketones is 1. The number of pyridine rings is 1. The summed E-state index contributed by atoms with van der Waals surface area (Å²) in [4.78, 5) is 19.7. The molecule has 328 valence electrons. The van der Waals surface area contributed by atoms with E-state index < -0.39 is 37.3 Å². The monoisotopic (exact) mass is 838 g/mol. The van der Waals surface area contributed by atoms with Gasteiger partial charge in [0.05, 0.1) is 24.2 Å². The summed E-state index contributed by atoms with van der Waals surface area (Å²) in [6, 6.07) is 25.7. The Balaban J connectivity index is 1.40. The molecule has 2 aliphatic rings. The molecule has 0 radical (unpaired) electrons. The summed E-state index contributed by atoms with van der Waals surface area (Å²) in [7, 11) is -2.77. The average Bonchev–Trinajstić information content (AvgIpc) is 3.22. The minimum absolute atomic E-state index is 0.0385. The van der Waals surface area contributed by atoms with Gasteiger partial charge in [-0.25, -0.2) is 0 Å². The third-order valence-electron chi connectivity index (χ3n) is 13.2. The van der Waals surface area contributed by atoms with Gasteiger partial charge in [0.15, 0.2) is 12.1 Å². The topological polar surface area (TPSA) is 76.1 Å². The van der Waals surface area contributed by atoms with Crippen LogP contribution in [0, 0.1) is 17.3 Å². The van der Waals surface area contributed by atoms with E-state index in [-0.39, 0.29) is 28.9 Å². The van der Waals surface area contributed by atoms with Gasteiger partial charge in [-0.15, -0.1) is 0 Å². The highest BCUT2D eigenvalue weighted by Gasteiger charge is 2.55. The fraction of sp³-hybridized carbons (Fsp3) is 0.577. The maximum absolute atomic E-state index is 15.1. The number of carbonyl (C=O) groups excluding carboxylic acids is 1. The first-order valence-corrected chi connectivity index (χ1v) is 24.4. The standard InChI is InChI=1S/C52H75NO6Si/c1-38(2)45(59-60(49(6,7)8,43-26-15-13-16-27-43)44-28-17-14-18-29-44)32-31-39(3)23-21-24-40(4)52(42-25-22-34-53-37-42,58-47-30-19-20-35-55-47)41(5)48(54)50(9,10)46-33-36-56-51(11,12)57-46/h13-18,22,25-29,31,34,37,40-41,45-47H,1,19-21,23-24,30,32-33,35-36H2,2-12H3/b39-31+/t40-,41?,45-,46-,47?,52-/m0/s1. The highest BCUT2D eigenvalue weighted by molar-refractivity contribution is 6.99. The van der Waals surface area contributed by atoms with Crippen molar-refractivity contribution in [1.29, 1.82) is 0 Å². The molecule has 1 aromatic heterocycles. The van der Waals surface area contributed by atoms with Gasteiger partial charge in [0, 0.05) is 30.5 Å². The predicted molar refractivity (Wildman–Crippen MR) is 247 cm³/mol. The van der Waals surface area contributed by atoms with Crippen molar-refractivity contribution in [2.75, 3.05) is 13.2 Å². The normalized spacial score (nSPS) is 21.7. The van der Waals surface area contributed by atoms with Crippen molar-refractivity contribution in [3.63, 3.8) is 0 Å². The van der Waals surface area contributed by atoms with Crippen LogP contribution in [0.3, 0.4) is 0 Å². The van der Waals surface area contributed by atoms with E-state index in [1.54, 1.807) is 6.20 Å². The van der Waals surface area contributed by atoms with Crippen LogP contribution in [0.1, 0.15) is 133 Å². The largest absolute Gasteiger partial charge is 0.401 e. The van der Waals surface area contributed by atoms with Gasteiger partial charge in [-0.3, -0.25) is 9.78 Å². The zero-order valence-electron chi connectivity index (χ0n) is 38.7. The van der Waals surface area contributed by atoms with Crippen molar-refractivity contribution in [2.45, 2.75) is 162 Å². The van der Waals surface area contributed by atoms with Crippen LogP contribution in [0.25, 0.3) is 0 Å². The molecule has 0 aliphatic carbocycles. The minimum atomic E-state index is -2.77. The summed E-state index contributed by atoms with van der Waals surface area (Å²) in [5, 5.41) is 2.40. The Morgan fingerprint density at radius 1 is 0.933 bits per heavy atom. The Labute approximate surface area is 363 Å². The summed E-state index contributed by atoms with van der Waals surface area (Å²) in [6.45, 7) is 29.1. The quantitative estimate of drug-likeness (QED) is 0.0879. The van der Waals surface area contributed by atoms with E-state index in [1.165, 1.54) is 15.9 Å². The van der Waals surface area contributed by atoms with Crippen molar-refractivity contribution in [1.82, 2.24) is 4.98 Å². The molecule has 0 amide bonds. The van der Waals surface area contributed by atoms with Crippen molar-refractivity contribution in [3.05, 3.63) is 115 Å². The van der Waals surface area contributed by atoms with E-state index in [9.17, 15) is 0 Å². The number of carbonyl (C=O) groups is 1. The highest BCUT2D eigenvalue weighted by Crippen LogP contribution is 2.49. The van der Waals surface area contributed by atoms with Gasteiger partial charge >= 0.3 is 0 Å². The van der Waals surface area contributed by atoms with Crippen molar-refractivity contribution in [2.24, 2.45) is 17.3 Å². The average molecular weight is 838 g/mol. The molecule has 60 heavy (non-hydrogen) atoms. The molecule has 2 aromatic carbocycles. The van der Waals surface area contributed by atoms with Crippen LogP contribution in [-0.2, 0) is 33.8 Å². The lowest BCUT2D eigenvalue weighted by atomic mass is 9.64. The number of nitrogens with zero attached hydrogens (tertiary/aromatic N) is 1. The van der Waals surface area contributed by atoms with E-state index in [0.717, 1.165) is 56.1 Å². The first kappa shape index (κ1) is 47.8. The molecule has 2 fully saturated rings. The molecule has 0 N–H and O–H groups in total. The lowest BCUT2D eigenvalue weighted by Gasteiger charge is -2.49. The summed E-state index contributed by atoms with van der Waals surface area (Å²) in [6.07, 6.45) is 12.1. The fourth-order valence-electron chi connectivity index (χ4n) is 9.70. The zero-order valence-corrected chi connectivity index (χ0v) is 39.7. The van der Waals surface area contributed by atoms with E-state index >= 15 is 4.79 Å². The van der Waals surface area contributed by atoms with Crippen molar-refractivity contribution < 1.29 is 28.2 Å². The molecule has 5 rings (SSSR count). The van der Waals surface area contributed by atoms with E-state index in [1.807, 2.05) is 40.0 Å². The SMILES string of the molecule is C=C(C)[C@H](C/C=C(\C)CCC[C@H](C)[C@@](OC1CCCCO1)(c1cccnc1)C(C)C(=O)C(C)(C)[C@@H]1CCOC(C)(C)O1)O[Si](c1ccccc1)(c1ccccc1)C(C)(C)C. The summed E-state index contributed by atoms with van der Waals surface area (Å²) < 4.78 is 33.4. The molecule has 2 aliphatic heterocycles. The number of hydrogen-bond acceptors (Lipinski definition) is 7. The molecule has 2 saturated heterocycles. The Kier molecular flexibility index (Phi) is 16.2. The summed E-state index contributed by atoms with van der Waals surface area (Å²) in [5.41, 5.74) is 1.49. The first-order valence-electron chi connectivity index (χ1n) is 22.5. The predicted octanol–water partition coefficient (Wildman–Crippen LogP) is 11.3. The zero-order chi connectivity index (χ0) is 43.8. The molecule has 0 spiro atoms. The summed E-state index contributed by atoms with van der Waals surface area (Å²) >= 11 is 0. The van der Waals surface area contributed by atoms with Gasteiger partial charge in [0.2, 0.25) is 0 Å². The number of ether oxygens (including phenoxy) is 4. The Morgan fingerprint density at radius 2 is 1.58 bits per heavy atom. The molecule has 2 unspecified atom stereocenters. The highest BCUT2D eigenvalue weighted by atomic mass is 28.4. The molecule has 3 heterocycles. The maximum atomic E-state index is 15.1. The van der Waals surface area contributed by atoms with Gasteiger partial charge in [-0.1, -0.05) is 139 Å². The second kappa shape index (κ2) is 20.3. The van der Waals surface area contributed by atoms with Gasteiger partial charge in [0.25, 0.3) is 8.32 Å². The molecule has 7 nitrogen and oxygen atoms in total. The van der Waals surface area contributed by atoms with Gasteiger partial charge < -0.3 is 23.4 Å². The Morgan fingerprint density at radius 3 is 2.12 bits per heavy atom. The van der Waals surface area contributed by atoms with Crippen LogP contribution in [0.2, 0.25) is 5.04 Å². The second-order valence-corrected chi connectivity index (χ2v) is 23.8. The molecular weight excluding hydrogens is 763 g/mol. The number of benzene rings is 2. The van der Waals surface area contributed by atoms with Gasteiger partial charge in [-0.2, -0.15) is 0 Å². The van der Waals surface area contributed by atoms with E-state index in [4.69, 9.17) is 23.4 Å². The molecule has 6 atom stereocenters. The molecular formula is C52H75NO6Si. The smallest absolute Gasteiger partial charge is 0.261 e. The van der Waals surface area contributed by atoms with Crippen LogP contribution in [-0.4, -0.2) is 56.6 Å². The van der Waals surface area contributed by atoms with Gasteiger partial charge in [0.1, 0.15) is 11.4 Å². The number of hydrogen-bond donors (Lipinski definition) is 0. The maximum Gasteiger partial charge on any atom is 0.261 e. The number of rotatable bonds is 19. The van der Waals surface area contributed by atoms with Crippen molar-refractivity contribution in [3.8, 4) is 0 Å². The third-order valence-corrected chi connectivity index (χ3v) is 18.3. The van der Waals surface area contributed by atoms with Crippen LogP contribution < -0.4 is 10.4 Å².